The van der Waals surface area contributed by atoms with Crippen molar-refractivity contribution >= 4 is 17.9 Å². The number of rotatable bonds is 40. The van der Waals surface area contributed by atoms with Gasteiger partial charge in [0.1, 0.15) is 13.2 Å². The molecular formula is C54H84O6. The largest absolute Gasteiger partial charge is 0.462 e. The summed E-state index contributed by atoms with van der Waals surface area (Å²) >= 11 is 0. The van der Waals surface area contributed by atoms with Gasteiger partial charge in [-0.1, -0.05) is 174 Å². The van der Waals surface area contributed by atoms with Gasteiger partial charge in [0.15, 0.2) is 6.10 Å². The number of hydrogen-bond acceptors (Lipinski definition) is 6. The van der Waals surface area contributed by atoms with Crippen molar-refractivity contribution in [2.45, 2.75) is 187 Å². The molecule has 0 N–H and O–H groups in total. The third-order valence-corrected chi connectivity index (χ3v) is 9.21. The maximum Gasteiger partial charge on any atom is 0.306 e. The van der Waals surface area contributed by atoms with Crippen molar-refractivity contribution < 1.29 is 28.6 Å². The molecule has 1 unspecified atom stereocenters. The zero-order valence-corrected chi connectivity index (χ0v) is 38.2. The van der Waals surface area contributed by atoms with Crippen LogP contribution in [0.15, 0.2) is 122 Å². The maximum atomic E-state index is 12.7. The molecule has 0 aliphatic rings. The molecule has 0 saturated heterocycles. The van der Waals surface area contributed by atoms with Crippen LogP contribution >= 0.6 is 0 Å². The van der Waals surface area contributed by atoms with Crippen LogP contribution in [0.1, 0.15) is 181 Å². The third kappa shape index (κ3) is 44.9. The molecule has 60 heavy (non-hydrogen) atoms. The monoisotopic (exact) mass is 829 g/mol. The van der Waals surface area contributed by atoms with Crippen molar-refractivity contribution in [1.82, 2.24) is 0 Å². The summed E-state index contributed by atoms with van der Waals surface area (Å²) in [6.45, 7) is 6.17. The second-order valence-electron chi connectivity index (χ2n) is 14.9. The van der Waals surface area contributed by atoms with E-state index in [-0.39, 0.29) is 44.0 Å². The number of hydrogen-bond donors (Lipinski definition) is 0. The highest BCUT2D eigenvalue weighted by Crippen LogP contribution is 2.11. The molecule has 0 bridgehead atoms. The molecule has 0 aromatic carbocycles. The van der Waals surface area contributed by atoms with Gasteiger partial charge in [-0.05, 0) is 109 Å². The van der Waals surface area contributed by atoms with Crippen LogP contribution in [-0.4, -0.2) is 37.2 Å². The van der Waals surface area contributed by atoms with E-state index < -0.39 is 6.10 Å². The van der Waals surface area contributed by atoms with Crippen molar-refractivity contribution in [3.8, 4) is 0 Å². The van der Waals surface area contributed by atoms with E-state index in [1.54, 1.807) is 0 Å². The van der Waals surface area contributed by atoms with Crippen LogP contribution in [0, 0.1) is 0 Å². The van der Waals surface area contributed by atoms with E-state index in [2.05, 4.69) is 130 Å². The summed E-state index contributed by atoms with van der Waals surface area (Å²) in [7, 11) is 0. The Morgan fingerprint density at radius 2 is 0.633 bits per heavy atom. The highest BCUT2D eigenvalue weighted by molar-refractivity contribution is 5.71. The van der Waals surface area contributed by atoms with Crippen molar-refractivity contribution in [2.75, 3.05) is 13.2 Å². The van der Waals surface area contributed by atoms with Crippen LogP contribution in [0.3, 0.4) is 0 Å². The van der Waals surface area contributed by atoms with Gasteiger partial charge in [-0.3, -0.25) is 14.4 Å². The molecule has 6 nitrogen and oxygen atoms in total. The van der Waals surface area contributed by atoms with Gasteiger partial charge in [-0.15, -0.1) is 0 Å². The molecule has 0 amide bonds. The molecule has 0 radical (unpaired) electrons. The number of ether oxygens (including phenoxy) is 3. The Kier molecular flexibility index (Phi) is 44.2. The minimum atomic E-state index is -0.827. The van der Waals surface area contributed by atoms with E-state index in [4.69, 9.17) is 14.2 Å². The molecule has 0 aromatic heterocycles. The maximum absolute atomic E-state index is 12.7. The van der Waals surface area contributed by atoms with Crippen molar-refractivity contribution in [3.63, 3.8) is 0 Å². The highest BCUT2D eigenvalue weighted by Gasteiger charge is 2.19. The fourth-order valence-electron chi connectivity index (χ4n) is 5.78. The average Bonchev–Trinajstić information content (AvgIpc) is 3.24. The van der Waals surface area contributed by atoms with Gasteiger partial charge in [0.25, 0.3) is 0 Å². The Hall–Kier alpha value is -4.19. The minimum absolute atomic E-state index is 0.122. The normalized spacial score (nSPS) is 13.2. The number of unbranched alkanes of at least 4 members (excludes halogenated alkanes) is 9. The second kappa shape index (κ2) is 47.5. The first-order chi connectivity index (χ1) is 29.5. The smallest absolute Gasteiger partial charge is 0.306 e. The molecule has 1 atom stereocenters. The SMILES string of the molecule is CC/C=C\C/C=C\C/C=C\C/C=C\C/C=C\CCC(=O)OCC(COC(=O)CCCCCCC/C=C\C/C=C\CC)OC(=O)CCCCCC/C=C\C/C=C\C/C=C\CC. The van der Waals surface area contributed by atoms with E-state index in [0.29, 0.717) is 12.8 Å². The number of carbonyl (C=O) groups excluding carboxylic acids is 3. The third-order valence-electron chi connectivity index (χ3n) is 9.21. The Morgan fingerprint density at radius 3 is 1.03 bits per heavy atom. The average molecular weight is 829 g/mol. The minimum Gasteiger partial charge on any atom is -0.462 e. The molecule has 0 heterocycles. The van der Waals surface area contributed by atoms with E-state index in [1.165, 1.54) is 0 Å². The van der Waals surface area contributed by atoms with Gasteiger partial charge in [0, 0.05) is 19.3 Å². The predicted molar refractivity (Wildman–Crippen MR) is 256 cm³/mol. The molecule has 0 aromatic rings. The Bertz CT molecular complexity index is 1320. The summed E-state index contributed by atoms with van der Waals surface area (Å²) in [6.07, 6.45) is 64.8. The van der Waals surface area contributed by atoms with Gasteiger partial charge in [-0.2, -0.15) is 0 Å². The highest BCUT2D eigenvalue weighted by atomic mass is 16.6. The van der Waals surface area contributed by atoms with Crippen molar-refractivity contribution in [2.24, 2.45) is 0 Å². The summed E-state index contributed by atoms with van der Waals surface area (Å²) in [5, 5.41) is 0. The molecule has 0 rings (SSSR count). The van der Waals surface area contributed by atoms with Gasteiger partial charge < -0.3 is 14.2 Å². The Labute approximate surface area is 367 Å². The lowest BCUT2D eigenvalue weighted by Crippen LogP contribution is -2.30. The second-order valence-corrected chi connectivity index (χ2v) is 14.9. The molecule has 0 fully saturated rings. The van der Waals surface area contributed by atoms with Crippen LogP contribution in [-0.2, 0) is 28.6 Å². The van der Waals surface area contributed by atoms with Gasteiger partial charge >= 0.3 is 17.9 Å². The molecule has 336 valence electrons. The summed E-state index contributed by atoms with van der Waals surface area (Å²) in [6, 6.07) is 0. The lowest BCUT2D eigenvalue weighted by molar-refractivity contribution is -0.166. The molecule has 0 saturated carbocycles. The quantitative estimate of drug-likeness (QED) is 0.0265. The lowest BCUT2D eigenvalue weighted by atomic mass is 10.1. The summed E-state index contributed by atoms with van der Waals surface area (Å²) in [4.78, 5) is 37.8. The summed E-state index contributed by atoms with van der Waals surface area (Å²) in [5.74, 6) is -1.06. The summed E-state index contributed by atoms with van der Waals surface area (Å²) < 4.78 is 16.6. The van der Waals surface area contributed by atoms with Crippen LogP contribution in [0.25, 0.3) is 0 Å². The Balaban J connectivity index is 4.58. The van der Waals surface area contributed by atoms with Crippen LogP contribution in [0.2, 0.25) is 0 Å². The van der Waals surface area contributed by atoms with E-state index >= 15 is 0 Å². The molecule has 0 aliphatic heterocycles. The van der Waals surface area contributed by atoms with E-state index in [9.17, 15) is 14.4 Å². The lowest BCUT2D eigenvalue weighted by Gasteiger charge is -2.18. The predicted octanol–water partition coefficient (Wildman–Crippen LogP) is 15.4. The standard InChI is InChI=1S/C54H84O6/c1-4-7-10-13-16-19-22-25-27-28-30-32-35-38-41-44-47-53(56)59-50-51(49-58-52(55)46-43-40-37-34-31-24-21-18-15-12-9-6-3)60-54(57)48-45-42-39-36-33-29-26-23-20-17-14-11-8-5-2/h7-12,16-21,25-27,29-30,32,38,41,51H,4-6,13-15,22-24,28,31,33-37,39-40,42-50H2,1-3H3/b10-7-,11-8-,12-9-,19-16-,20-17-,21-18-,27-25-,29-26-,32-30-,41-38-. The van der Waals surface area contributed by atoms with Crippen molar-refractivity contribution in [1.29, 1.82) is 0 Å². The molecular weight excluding hydrogens is 745 g/mol. The molecule has 0 aliphatic carbocycles. The molecule has 0 spiro atoms. The van der Waals surface area contributed by atoms with Crippen molar-refractivity contribution in [3.05, 3.63) is 122 Å². The fourth-order valence-corrected chi connectivity index (χ4v) is 5.78. The fraction of sp³-hybridized carbons (Fsp3) is 0.574. The first-order valence-corrected chi connectivity index (χ1v) is 23.5. The van der Waals surface area contributed by atoms with Gasteiger partial charge in [0.05, 0.1) is 0 Å². The zero-order valence-electron chi connectivity index (χ0n) is 38.2. The van der Waals surface area contributed by atoms with E-state index in [0.717, 1.165) is 135 Å². The number of carbonyl (C=O) groups is 3. The number of esters is 3. The zero-order chi connectivity index (χ0) is 43.7. The number of allylic oxidation sites excluding steroid dienone is 20. The van der Waals surface area contributed by atoms with Crippen LogP contribution in [0.4, 0.5) is 0 Å². The molecule has 6 heteroatoms. The summed E-state index contributed by atoms with van der Waals surface area (Å²) in [5.41, 5.74) is 0. The first kappa shape index (κ1) is 55.8. The van der Waals surface area contributed by atoms with E-state index in [1.807, 2.05) is 12.2 Å². The topological polar surface area (TPSA) is 78.9 Å². The van der Waals surface area contributed by atoms with Crippen LogP contribution < -0.4 is 0 Å². The Morgan fingerprint density at radius 1 is 0.333 bits per heavy atom. The van der Waals surface area contributed by atoms with Gasteiger partial charge in [0.2, 0.25) is 0 Å². The van der Waals surface area contributed by atoms with Gasteiger partial charge in [-0.25, -0.2) is 0 Å². The first-order valence-electron chi connectivity index (χ1n) is 23.5. The van der Waals surface area contributed by atoms with Crippen LogP contribution in [0.5, 0.6) is 0 Å².